The van der Waals surface area contributed by atoms with Crippen molar-refractivity contribution in [1.29, 1.82) is 0 Å². The third kappa shape index (κ3) is 3.50. The molecule has 1 N–H and O–H groups in total. The molecular weight excluding hydrogens is 217 g/mol. The molecule has 0 saturated carbocycles. The minimum atomic E-state index is -0.355. The van der Waals surface area contributed by atoms with Gasteiger partial charge in [0.25, 0.3) is 0 Å². The molecule has 2 aromatic rings. The largest absolute Gasteiger partial charge is 0.538 e. The van der Waals surface area contributed by atoms with Crippen molar-refractivity contribution in [3.63, 3.8) is 0 Å². The number of pyridine rings is 1. The molecule has 0 unspecified atom stereocenters. The quantitative estimate of drug-likeness (QED) is 0.785. The van der Waals surface area contributed by atoms with Crippen LogP contribution in [0.1, 0.15) is 5.56 Å². The molecule has 17 heavy (non-hydrogen) atoms. The van der Waals surface area contributed by atoms with Gasteiger partial charge in [-0.2, -0.15) is 0 Å². The molecule has 5 heteroatoms. The highest BCUT2D eigenvalue weighted by Gasteiger charge is 1.98. The smallest absolute Gasteiger partial charge is 0.504 e. The van der Waals surface area contributed by atoms with E-state index in [-0.39, 0.29) is 7.69 Å². The highest BCUT2D eigenvalue weighted by molar-refractivity contribution is 6.17. The van der Waals surface area contributed by atoms with Gasteiger partial charge in [0.15, 0.2) is 0 Å². The second kappa shape index (κ2) is 5.91. The molecule has 0 aliphatic heterocycles. The summed E-state index contributed by atoms with van der Waals surface area (Å²) >= 11 is 0. The lowest BCUT2D eigenvalue weighted by Gasteiger charge is -2.06. The van der Waals surface area contributed by atoms with Crippen molar-refractivity contribution in [2.24, 2.45) is 0 Å². The van der Waals surface area contributed by atoms with Gasteiger partial charge in [-0.15, -0.1) is 0 Å². The van der Waals surface area contributed by atoms with Gasteiger partial charge in [-0.3, -0.25) is 0 Å². The summed E-state index contributed by atoms with van der Waals surface area (Å²) < 4.78 is 10.4. The van der Waals surface area contributed by atoms with Crippen LogP contribution < -0.4 is 9.39 Å². The first-order chi connectivity index (χ1) is 8.38. The van der Waals surface area contributed by atoms with Gasteiger partial charge in [0, 0.05) is 6.07 Å². The van der Waals surface area contributed by atoms with E-state index in [1.165, 1.54) is 6.20 Å². The fourth-order valence-electron chi connectivity index (χ4n) is 1.34. The van der Waals surface area contributed by atoms with Crippen LogP contribution in [0.2, 0.25) is 0 Å². The number of aromatic nitrogens is 1. The van der Waals surface area contributed by atoms with E-state index in [0.29, 0.717) is 18.2 Å². The third-order valence-corrected chi connectivity index (χ3v) is 2.17. The molecule has 0 spiro atoms. The van der Waals surface area contributed by atoms with Crippen LogP contribution in [0.15, 0.2) is 48.7 Å². The maximum absolute atomic E-state index is 8.56. The van der Waals surface area contributed by atoms with Crippen LogP contribution in [0.5, 0.6) is 11.6 Å². The number of hydrogen-bond donors (Lipinski definition) is 1. The van der Waals surface area contributed by atoms with Gasteiger partial charge < -0.3 is 14.4 Å². The molecule has 86 valence electrons. The second-order valence-electron chi connectivity index (χ2n) is 3.38. The van der Waals surface area contributed by atoms with Crippen molar-refractivity contribution in [2.75, 3.05) is 0 Å². The molecular formula is C12H12BNO3. The van der Waals surface area contributed by atoms with Crippen LogP contribution in [0.3, 0.4) is 0 Å². The summed E-state index contributed by atoms with van der Waals surface area (Å²) in [4.78, 5) is 4.05. The van der Waals surface area contributed by atoms with Crippen LogP contribution in [-0.4, -0.2) is 17.7 Å². The van der Waals surface area contributed by atoms with E-state index < -0.39 is 0 Å². The molecule has 0 bridgehead atoms. The van der Waals surface area contributed by atoms with Gasteiger partial charge in [-0.1, -0.05) is 30.3 Å². The predicted molar refractivity (Wildman–Crippen MR) is 65.0 cm³/mol. The summed E-state index contributed by atoms with van der Waals surface area (Å²) in [7, 11) is -0.355. The van der Waals surface area contributed by atoms with Gasteiger partial charge in [-0.05, 0) is 11.6 Å². The zero-order chi connectivity index (χ0) is 11.9. The van der Waals surface area contributed by atoms with Crippen LogP contribution in [0, 0.1) is 0 Å². The molecule has 0 saturated heterocycles. The first kappa shape index (κ1) is 11.5. The van der Waals surface area contributed by atoms with Gasteiger partial charge in [0.1, 0.15) is 12.4 Å². The average Bonchev–Trinajstić information content (AvgIpc) is 2.40. The normalized spacial score (nSPS) is 9.71. The van der Waals surface area contributed by atoms with Crippen molar-refractivity contribution in [3.8, 4) is 11.6 Å². The molecule has 1 aromatic heterocycles. The monoisotopic (exact) mass is 229 g/mol. The molecule has 2 rings (SSSR count). The summed E-state index contributed by atoms with van der Waals surface area (Å²) in [6.45, 7) is 0.480. The van der Waals surface area contributed by atoms with E-state index in [4.69, 9.17) is 14.4 Å². The van der Waals surface area contributed by atoms with Gasteiger partial charge in [0.2, 0.25) is 5.88 Å². The summed E-state index contributed by atoms with van der Waals surface area (Å²) in [5, 5.41) is 8.56. The minimum absolute atomic E-state index is 0.355. The zero-order valence-corrected chi connectivity index (χ0v) is 9.24. The van der Waals surface area contributed by atoms with Gasteiger partial charge in [-0.25, -0.2) is 4.98 Å². The summed E-state index contributed by atoms with van der Waals surface area (Å²) in [5.74, 6) is 1.04. The van der Waals surface area contributed by atoms with E-state index in [0.717, 1.165) is 5.56 Å². The molecule has 1 heterocycles. The van der Waals surface area contributed by atoms with Crippen LogP contribution in [0.25, 0.3) is 0 Å². The van der Waals surface area contributed by atoms with E-state index >= 15 is 0 Å². The summed E-state index contributed by atoms with van der Waals surface area (Å²) in [6, 6.07) is 13.3. The first-order valence-corrected chi connectivity index (χ1v) is 5.25. The molecule has 0 amide bonds. The topological polar surface area (TPSA) is 51.6 Å². The number of rotatable bonds is 5. The Bertz CT molecular complexity index is 447. The maximum atomic E-state index is 8.56. The number of nitrogens with zero attached hydrogens (tertiary/aromatic N) is 1. The Morgan fingerprint density at radius 1 is 1.12 bits per heavy atom. The zero-order valence-electron chi connectivity index (χ0n) is 9.24. The lowest BCUT2D eigenvalue weighted by molar-refractivity contribution is 0.293. The molecule has 0 radical (unpaired) electrons. The fraction of sp³-hybridized carbons (Fsp3) is 0.0833. The van der Waals surface area contributed by atoms with Crippen molar-refractivity contribution in [1.82, 2.24) is 4.98 Å². The van der Waals surface area contributed by atoms with Crippen LogP contribution in [0.4, 0.5) is 0 Å². The van der Waals surface area contributed by atoms with Crippen molar-refractivity contribution >= 4 is 7.69 Å². The predicted octanol–water partition coefficient (Wildman–Crippen LogP) is 1.30. The number of hydrogen-bond acceptors (Lipinski definition) is 4. The van der Waals surface area contributed by atoms with E-state index in [1.54, 1.807) is 12.1 Å². The van der Waals surface area contributed by atoms with Crippen molar-refractivity contribution < 1.29 is 14.4 Å². The Morgan fingerprint density at radius 3 is 2.59 bits per heavy atom. The van der Waals surface area contributed by atoms with Gasteiger partial charge in [0.05, 0.1) is 6.20 Å². The van der Waals surface area contributed by atoms with E-state index in [1.807, 2.05) is 30.3 Å². The standard InChI is InChI=1S/C12H12BNO3/c15-13-17-11-6-7-12(14-8-11)16-9-10-4-2-1-3-5-10/h1-8,13,15H,9H2. The third-order valence-electron chi connectivity index (χ3n) is 2.17. The highest BCUT2D eigenvalue weighted by atomic mass is 16.5. The summed E-state index contributed by atoms with van der Waals surface area (Å²) in [6.07, 6.45) is 1.51. The van der Waals surface area contributed by atoms with Crippen molar-refractivity contribution in [2.45, 2.75) is 6.61 Å². The molecule has 1 aromatic carbocycles. The van der Waals surface area contributed by atoms with Crippen molar-refractivity contribution in [3.05, 3.63) is 54.2 Å². The Kier molecular flexibility index (Phi) is 3.99. The van der Waals surface area contributed by atoms with Crippen LogP contribution in [-0.2, 0) is 6.61 Å². The van der Waals surface area contributed by atoms with E-state index in [2.05, 4.69) is 4.98 Å². The van der Waals surface area contributed by atoms with E-state index in [9.17, 15) is 0 Å². The molecule has 4 nitrogen and oxygen atoms in total. The first-order valence-electron chi connectivity index (χ1n) is 5.25. The Labute approximate surface area is 100 Å². The Hall–Kier alpha value is -2.01. The van der Waals surface area contributed by atoms with Crippen LogP contribution >= 0.6 is 0 Å². The molecule has 0 aliphatic rings. The Morgan fingerprint density at radius 2 is 1.94 bits per heavy atom. The molecule has 0 aliphatic carbocycles. The minimum Gasteiger partial charge on any atom is -0.538 e. The average molecular weight is 229 g/mol. The maximum Gasteiger partial charge on any atom is 0.504 e. The number of ether oxygens (including phenoxy) is 1. The molecule has 0 atom stereocenters. The highest BCUT2D eigenvalue weighted by Crippen LogP contribution is 2.14. The Balaban J connectivity index is 1.91. The second-order valence-corrected chi connectivity index (χ2v) is 3.38. The number of benzene rings is 1. The SMILES string of the molecule is OBOc1ccc(OCc2ccccc2)nc1. The lowest BCUT2D eigenvalue weighted by Crippen LogP contribution is -2.01. The lowest BCUT2D eigenvalue weighted by atomic mass is 10.2. The molecule has 0 fully saturated rings. The van der Waals surface area contributed by atoms with Gasteiger partial charge >= 0.3 is 7.69 Å². The fourth-order valence-corrected chi connectivity index (χ4v) is 1.34. The summed E-state index contributed by atoms with van der Waals surface area (Å²) in [5.41, 5.74) is 1.09.